The van der Waals surface area contributed by atoms with Gasteiger partial charge in [-0.05, 0) is 37.3 Å². The van der Waals surface area contributed by atoms with E-state index in [0.717, 1.165) is 5.69 Å². The summed E-state index contributed by atoms with van der Waals surface area (Å²) >= 11 is 0. The van der Waals surface area contributed by atoms with E-state index in [1.54, 1.807) is 24.4 Å². The van der Waals surface area contributed by atoms with Crippen LogP contribution in [0, 0.1) is 6.92 Å². The van der Waals surface area contributed by atoms with Crippen LogP contribution < -0.4 is 14.8 Å². The van der Waals surface area contributed by atoms with Crippen molar-refractivity contribution < 1.29 is 14.3 Å². The molecule has 1 aliphatic heterocycles. The lowest BCUT2D eigenvalue weighted by Crippen LogP contribution is -2.11. The molecule has 0 aliphatic carbocycles. The fourth-order valence-corrected chi connectivity index (χ4v) is 1.78. The zero-order chi connectivity index (χ0) is 13.2. The fourth-order valence-electron chi connectivity index (χ4n) is 1.78. The number of carbonyl (C=O) groups is 1. The van der Waals surface area contributed by atoms with E-state index in [2.05, 4.69) is 10.3 Å². The number of hydrogen-bond donors (Lipinski definition) is 1. The monoisotopic (exact) mass is 256 g/mol. The summed E-state index contributed by atoms with van der Waals surface area (Å²) in [5.41, 5.74) is 2.08. The Labute approximate surface area is 110 Å². The number of nitrogens with one attached hydrogen (secondary N) is 1. The van der Waals surface area contributed by atoms with Gasteiger partial charge in [-0.15, -0.1) is 0 Å². The summed E-state index contributed by atoms with van der Waals surface area (Å²) in [6.45, 7) is 2.09. The van der Waals surface area contributed by atoms with Gasteiger partial charge in [0.1, 0.15) is 0 Å². The van der Waals surface area contributed by atoms with Crippen LogP contribution in [0.3, 0.4) is 0 Å². The summed E-state index contributed by atoms with van der Waals surface area (Å²) < 4.78 is 10.4. The van der Waals surface area contributed by atoms with Crippen molar-refractivity contribution in [3.8, 4) is 11.5 Å². The molecule has 0 unspecified atom stereocenters. The fraction of sp³-hybridized carbons (Fsp3) is 0.143. The van der Waals surface area contributed by atoms with Crippen LogP contribution in [-0.4, -0.2) is 17.7 Å². The maximum atomic E-state index is 12.1. The van der Waals surface area contributed by atoms with Crippen LogP contribution in [0.4, 0.5) is 5.69 Å². The van der Waals surface area contributed by atoms with Gasteiger partial charge >= 0.3 is 0 Å². The van der Waals surface area contributed by atoms with Crippen LogP contribution in [0.1, 0.15) is 16.1 Å². The molecule has 96 valence electrons. The lowest BCUT2D eigenvalue weighted by atomic mass is 10.2. The van der Waals surface area contributed by atoms with Crippen LogP contribution in [0.5, 0.6) is 11.5 Å². The van der Waals surface area contributed by atoms with E-state index < -0.39 is 0 Å². The van der Waals surface area contributed by atoms with E-state index in [1.807, 2.05) is 19.1 Å². The standard InChI is InChI=1S/C14H12N2O3/c1-9-2-4-11(7-15-9)16-14(17)10-3-5-12-13(6-10)19-8-18-12/h2-7H,8H2,1H3,(H,16,17). The first kappa shape index (κ1) is 11.5. The SMILES string of the molecule is Cc1ccc(NC(=O)c2ccc3c(c2)OCO3)cn1. The van der Waals surface area contributed by atoms with Crippen molar-refractivity contribution in [2.45, 2.75) is 6.92 Å². The molecular formula is C14H12N2O3. The third-order valence-corrected chi connectivity index (χ3v) is 2.80. The van der Waals surface area contributed by atoms with Crippen molar-refractivity contribution >= 4 is 11.6 Å². The summed E-state index contributed by atoms with van der Waals surface area (Å²) in [5, 5.41) is 2.78. The highest BCUT2D eigenvalue weighted by Crippen LogP contribution is 2.32. The molecule has 5 heteroatoms. The molecule has 0 spiro atoms. The molecule has 0 saturated heterocycles. The van der Waals surface area contributed by atoms with Crippen LogP contribution in [0.25, 0.3) is 0 Å². The van der Waals surface area contributed by atoms with Crippen LogP contribution in [0.15, 0.2) is 36.5 Å². The van der Waals surface area contributed by atoms with Gasteiger partial charge in [0, 0.05) is 11.3 Å². The summed E-state index contributed by atoms with van der Waals surface area (Å²) in [6.07, 6.45) is 1.63. The van der Waals surface area contributed by atoms with Crippen LogP contribution in [0.2, 0.25) is 0 Å². The minimum absolute atomic E-state index is 0.197. The number of carbonyl (C=O) groups excluding carboxylic acids is 1. The molecule has 3 rings (SSSR count). The third-order valence-electron chi connectivity index (χ3n) is 2.80. The van der Waals surface area contributed by atoms with Crippen molar-refractivity contribution in [1.82, 2.24) is 4.98 Å². The molecule has 0 radical (unpaired) electrons. The van der Waals surface area contributed by atoms with Gasteiger partial charge in [0.15, 0.2) is 11.5 Å². The van der Waals surface area contributed by atoms with Gasteiger partial charge in [0.25, 0.3) is 5.91 Å². The molecule has 2 aromatic rings. The predicted molar refractivity (Wildman–Crippen MR) is 69.5 cm³/mol. The van der Waals surface area contributed by atoms with Gasteiger partial charge in [0.2, 0.25) is 6.79 Å². The molecule has 1 aromatic heterocycles. The highest BCUT2D eigenvalue weighted by Gasteiger charge is 2.16. The number of fused-ring (bicyclic) bond motifs is 1. The minimum atomic E-state index is -0.205. The molecule has 1 amide bonds. The number of rotatable bonds is 2. The molecule has 0 atom stereocenters. The molecule has 19 heavy (non-hydrogen) atoms. The average Bonchev–Trinajstić information content (AvgIpc) is 2.88. The Hall–Kier alpha value is -2.56. The van der Waals surface area contributed by atoms with Gasteiger partial charge < -0.3 is 14.8 Å². The predicted octanol–water partition coefficient (Wildman–Crippen LogP) is 2.37. The van der Waals surface area contributed by atoms with Crippen LogP contribution >= 0.6 is 0 Å². The first-order chi connectivity index (χ1) is 9.22. The summed E-state index contributed by atoms with van der Waals surface area (Å²) in [4.78, 5) is 16.2. The quantitative estimate of drug-likeness (QED) is 0.896. The molecule has 2 heterocycles. The molecule has 1 N–H and O–H groups in total. The van der Waals surface area contributed by atoms with Crippen molar-refractivity contribution in [1.29, 1.82) is 0 Å². The number of ether oxygens (including phenoxy) is 2. The molecule has 0 bridgehead atoms. The Kier molecular flexibility index (Phi) is 2.79. The zero-order valence-corrected chi connectivity index (χ0v) is 10.3. The van der Waals surface area contributed by atoms with Gasteiger partial charge in [-0.25, -0.2) is 0 Å². The third kappa shape index (κ3) is 2.35. The number of aryl methyl sites for hydroxylation is 1. The second kappa shape index (κ2) is 4.61. The number of pyridine rings is 1. The smallest absolute Gasteiger partial charge is 0.255 e. The van der Waals surface area contributed by atoms with E-state index >= 15 is 0 Å². The van der Waals surface area contributed by atoms with Gasteiger partial charge in [0.05, 0.1) is 11.9 Å². The number of benzene rings is 1. The summed E-state index contributed by atoms with van der Waals surface area (Å²) in [6, 6.07) is 8.75. The largest absolute Gasteiger partial charge is 0.454 e. The first-order valence-electron chi connectivity index (χ1n) is 5.86. The van der Waals surface area contributed by atoms with Crippen molar-refractivity contribution in [2.75, 3.05) is 12.1 Å². The Balaban J connectivity index is 1.78. The highest BCUT2D eigenvalue weighted by atomic mass is 16.7. The minimum Gasteiger partial charge on any atom is -0.454 e. The van der Waals surface area contributed by atoms with Gasteiger partial charge in [-0.1, -0.05) is 0 Å². The van der Waals surface area contributed by atoms with E-state index in [0.29, 0.717) is 22.7 Å². The number of anilines is 1. The van der Waals surface area contributed by atoms with Crippen molar-refractivity contribution in [2.24, 2.45) is 0 Å². The first-order valence-corrected chi connectivity index (χ1v) is 5.86. The van der Waals surface area contributed by atoms with Gasteiger partial charge in [-0.2, -0.15) is 0 Å². The van der Waals surface area contributed by atoms with E-state index in [4.69, 9.17) is 9.47 Å². The number of amides is 1. The molecule has 1 aromatic carbocycles. The Morgan fingerprint density at radius 1 is 1.21 bits per heavy atom. The Morgan fingerprint density at radius 3 is 2.84 bits per heavy atom. The summed E-state index contributed by atoms with van der Waals surface area (Å²) in [7, 11) is 0. The summed E-state index contributed by atoms with van der Waals surface area (Å²) in [5.74, 6) is 1.05. The van der Waals surface area contributed by atoms with Crippen molar-refractivity contribution in [3.05, 3.63) is 47.8 Å². The number of hydrogen-bond acceptors (Lipinski definition) is 4. The van der Waals surface area contributed by atoms with E-state index in [9.17, 15) is 4.79 Å². The number of aromatic nitrogens is 1. The molecule has 0 fully saturated rings. The topological polar surface area (TPSA) is 60.5 Å². The maximum absolute atomic E-state index is 12.1. The second-order valence-corrected chi connectivity index (χ2v) is 4.21. The lowest BCUT2D eigenvalue weighted by molar-refractivity contribution is 0.102. The molecule has 5 nitrogen and oxygen atoms in total. The van der Waals surface area contributed by atoms with Crippen LogP contribution in [-0.2, 0) is 0 Å². The normalized spacial score (nSPS) is 12.3. The average molecular weight is 256 g/mol. The molecular weight excluding hydrogens is 244 g/mol. The van der Waals surface area contributed by atoms with Gasteiger partial charge in [-0.3, -0.25) is 9.78 Å². The lowest BCUT2D eigenvalue weighted by Gasteiger charge is -2.05. The van der Waals surface area contributed by atoms with E-state index in [-0.39, 0.29) is 12.7 Å². The Morgan fingerprint density at radius 2 is 2.05 bits per heavy atom. The Bertz CT molecular complexity index is 623. The highest BCUT2D eigenvalue weighted by molar-refractivity contribution is 6.04. The number of nitrogens with zero attached hydrogens (tertiary/aromatic N) is 1. The molecule has 0 saturated carbocycles. The maximum Gasteiger partial charge on any atom is 0.255 e. The van der Waals surface area contributed by atoms with Crippen molar-refractivity contribution in [3.63, 3.8) is 0 Å². The molecule has 1 aliphatic rings. The second-order valence-electron chi connectivity index (χ2n) is 4.21. The zero-order valence-electron chi connectivity index (χ0n) is 10.3. The van der Waals surface area contributed by atoms with E-state index in [1.165, 1.54) is 0 Å².